The summed E-state index contributed by atoms with van der Waals surface area (Å²) in [5.74, 6) is -1.70. The number of ether oxygens (including phenoxy) is 2. The highest BCUT2D eigenvalue weighted by Crippen LogP contribution is 2.33. The zero-order chi connectivity index (χ0) is 23.1. The van der Waals surface area contributed by atoms with Gasteiger partial charge in [-0.2, -0.15) is 0 Å². The second-order valence-corrected chi connectivity index (χ2v) is 7.85. The van der Waals surface area contributed by atoms with Crippen molar-refractivity contribution in [3.63, 3.8) is 0 Å². The van der Waals surface area contributed by atoms with Crippen LogP contribution in [0.5, 0.6) is 0 Å². The number of aryl methyl sites for hydroxylation is 4. The lowest BCUT2D eigenvalue weighted by molar-refractivity contribution is -0.156. The highest BCUT2D eigenvalue weighted by molar-refractivity contribution is 6.04. The summed E-state index contributed by atoms with van der Waals surface area (Å²) in [6, 6.07) is 7.69. The third-order valence-electron chi connectivity index (χ3n) is 4.79. The number of esters is 2. The van der Waals surface area contributed by atoms with Crippen molar-refractivity contribution in [2.45, 2.75) is 60.4 Å². The number of hydrogen-bond acceptors (Lipinski definition) is 5. The second kappa shape index (κ2) is 10.9. The molecule has 0 fully saturated rings. The van der Waals surface area contributed by atoms with E-state index in [0.717, 1.165) is 11.1 Å². The first kappa shape index (κ1) is 24.4. The summed E-state index contributed by atoms with van der Waals surface area (Å²) >= 11 is 0. The molecule has 168 valence electrons. The van der Waals surface area contributed by atoms with E-state index in [1.165, 1.54) is 0 Å². The standard InChI is InChI=1S/C25H32FNO4/c1-7-9-30-24(28)23(25(29)31-10-8-2)27(20-12-16(3)11-17(4)13-20)21-14-18(5)22(26)19(6)15-21/h11-15,23H,7-10H2,1-6H3. The smallest absolute Gasteiger partial charge is 0.340 e. The van der Waals surface area contributed by atoms with Crippen molar-refractivity contribution < 1.29 is 23.5 Å². The predicted molar refractivity (Wildman–Crippen MR) is 120 cm³/mol. The molecular weight excluding hydrogens is 397 g/mol. The van der Waals surface area contributed by atoms with Crippen molar-refractivity contribution in [2.75, 3.05) is 18.1 Å². The van der Waals surface area contributed by atoms with Crippen LogP contribution in [0, 0.1) is 33.5 Å². The molecule has 0 aromatic heterocycles. The van der Waals surface area contributed by atoms with Crippen LogP contribution in [0.2, 0.25) is 0 Å². The summed E-state index contributed by atoms with van der Waals surface area (Å²) in [5.41, 5.74) is 3.94. The summed E-state index contributed by atoms with van der Waals surface area (Å²) < 4.78 is 25.1. The minimum atomic E-state index is -1.34. The molecule has 0 spiro atoms. The maximum Gasteiger partial charge on any atom is 0.340 e. The van der Waals surface area contributed by atoms with E-state index in [2.05, 4.69) is 0 Å². The average Bonchev–Trinajstić information content (AvgIpc) is 2.71. The number of carbonyl (C=O) groups excluding carboxylic acids is 2. The van der Waals surface area contributed by atoms with Crippen LogP contribution in [0.25, 0.3) is 0 Å². The Morgan fingerprint density at radius 2 is 1.23 bits per heavy atom. The van der Waals surface area contributed by atoms with Crippen molar-refractivity contribution in [2.24, 2.45) is 0 Å². The molecule has 0 amide bonds. The lowest BCUT2D eigenvalue weighted by Crippen LogP contribution is -2.46. The van der Waals surface area contributed by atoms with Gasteiger partial charge >= 0.3 is 11.9 Å². The number of benzene rings is 2. The molecule has 0 unspecified atom stereocenters. The second-order valence-electron chi connectivity index (χ2n) is 7.85. The van der Waals surface area contributed by atoms with Gasteiger partial charge in [0.05, 0.1) is 13.2 Å². The number of halogens is 1. The van der Waals surface area contributed by atoms with Crippen LogP contribution in [-0.4, -0.2) is 31.2 Å². The number of hydrogen-bond donors (Lipinski definition) is 0. The Labute approximate surface area is 184 Å². The molecule has 31 heavy (non-hydrogen) atoms. The fraction of sp³-hybridized carbons (Fsp3) is 0.440. The lowest BCUT2D eigenvalue weighted by Gasteiger charge is -2.32. The number of carbonyl (C=O) groups is 2. The molecule has 0 aliphatic heterocycles. The Bertz CT molecular complexity index is 878. The van der Waals surface area contributed by atoms with Gasteiger partial charge in [0.1, 0.15) is 5.82 Å². The monoisotopic (exact) mass is 429 g/mol. The largest absolute Gasteiger partial charge is 0.464 e. The molecule has 0 aliphatic carbocycles. The SMILES string of the molecule is CCCOC(=O)C(C(=O)OCCC)N(c1cc(C)cc(C)c1)c1cc(C)c(F)c(C)c1. The predicted octanol–water partition coefficient (Wildman–Crippen LogP) is 5.47. The molecule has 0 atom stereocenters. The Morgan fingerprint density at radius 3 is 1.65 bits per heavy atom. The van der Waals surface area contributed by atoms with Crippen LogP contribution in [0.4, 0.5) is 15.8 Å². The summed E-state index contributed by atoms with van der Waals surface area (Å²) in [4.78, 5) is 27.7. The van der Waals surface area contributed by atoms with Crippen LogP contribution >= 0.6 is 0 Å². The van der Waals surface area contributed by atoms with Gasteiger partial charge in [0, 0.05) is 11.4 Å². The third kappa shape index (κ3) is 6.06. The first-order valence-electron chi connectivity index (χ1n) is 10.7. The summed E-state index contributed by atoms with van der Waals surface area (Å²) in [6.07, 6.45) is 1.25. The molecule has 0 radical (unpaired) electrons. The topological polar surface area (TPSA) is 55.8 Å². The van der Waals surface area contributed by atoms with E-state index < -0.39 is 18.0 Å². The van der Waals surface area contributed by atoms with Crippen LogP contribution in [0.3, 0.4) is 0 Å². The van der Waals surface area contributed by atoms with Gasteiger partial charge in [-0.15, -0.1) is 0 Å². The van der Waals surface area contributed by atoms with Crippen molar-refractivity contribution >= 4 is 23.3 Å². The molecule has 6 heteroatoms. The first-order chi connectivity index (χ1) is 14.7. The van der Waals surface area contributed by atoms with E-state index in [4.69, 9.17) is 9.47 Å². The molecule has 2 rings (SSSR count). The zero-order valence-corrected chi connectivity index (χ0v) is 19.3. The van der Waals surface area contributed by atoms with Gasteiger partial charge in [0.2, 0.25) is 6.04 Å². The van der Waals surface area contributed by atoms with Gasteiger partial charge < -0.3 is 14.4 Å². The Kier molecular flexibility index (Phi) is 8.60. The van der Waals surface area contributed by atoms with Gasteiger partial charge in [-0.25, -0.2) is 14.0 Å². The van der Waals surface area contributed by atoms with E-state index in [1.807, 2.05) is 45.9 Å². The van der Waals surface area contributed by atoms with Gasteiger partial charge in [-0.3, -0.25) is 0 Å². The Morgan fingerprint density at radius 1 is 0.806 bits per heavy atom. The maximum absolute atomic E-state index is 14.4. The van der Waals surface area contributed by atoms with E-state index in [9.17, 15) is 14.0 Å². The van der Waals surface area contributed by atoms with Crippen LogP contribution in [-0.2, 0) is 19.1 Å². The molecule has 0 saturated heterocycles. The molecular formula is C25H32FNO4. The van der Waals surface area contributed by atoms with Gasteiger partial charge in [-0.05, 0) is 87.1 Å². The third-order valence-corrected chi connectivity index (χ3v) is 4.79. The summed E-state index contributed by atoms with van der Waals surface area (Å²) in [6.45, 7) is 11.3. The first-order valence-corrected chi connectivity index (χ1v) is 10.7. The van der Waals surface area contributed by atoms with Crippen molar-refractivity contribution in [1.82, 2.24) is 0 Å². The van der Waals surface area contributed by atoms with Crippen molar-refractivity contribution in [1.29, 1.82) is 0 Å². The van der Waals surface area contributed by atoms with Crippen molar-refractivity contribution in [3.8, 4) is 0 Å². The quantitative estimate of drug-likeness (QED) is 0.391. The van der Waals surface area contributed by atoms with Gasteiger partial charge in [-0.1, -0.05) is 19.9 Å². The maximum atomic E-state index is 14.4. The fourth-order valence-electron chi connectivity index (χ4n) is 3.47. The van der Waals surface area contributed by atoms with Crippen LogP contribution in [0.15, 0.2) is 30.3 Å². The molecule has 0 saturated carbocycles. The zero-order valence-electron chi connectivity index (χ0n) is 19.3. The Balaban J connectivity index is 2.71. The molecule has 0 heterocycles. The molecule has 0 bridgehead atoms. The fourth-order valence-corrected chi connectivity index (χ4v) is 3.47. The average molecular weight is 430 g/mol. The van der Waals surface area contributed by atoms with Crippen LogP contribution < -0.4 is 4.90 Å². The minimum absolute atomic E-state index is 0.193. The number of rotatable bonds is 9. The minimum Gasteiger partial charge on any atom is -0.464 e. The van der Waals surface area contributed by atoms with Crippen LogP contribution in [0.1, 0.15) is 48.9 Å². The molecule has 0 N–H and O–H groups in total. The molecule has 0 aliphatic rings. The van der Waals surface area contributed by atoms with Crippen molar-refractivity contribution in [3.05, 3.63) is 58.4 Å². The lowest BCUT2D eigenvalue weighted by atomic mass is 10.0. The number of nitrogens with zero attached hydrogens (tertiary/aromatic N) is 1. The van der Waals surface area contributed by atoms with E-state index in [0.29, 0.717) is 35.3 Å². The summed E-state index contributed by atoms with van der Waals surface area (Å²) in [7, 11) is 0. The van der Waals surface area contributed by atoms with E-state index >= 15 is 0 Å². The van der Waals surface area contributed by atoms with Gasteiger partial charge in [0.25, 0.3) is 0 Å². The number of anilines is 2. The molecule has 5 nitrogen and oxygen atoms in total. The Hall–Kier alpha value is -2.89. The highest BCUT2D eigenvalue weighted by Gasteiger charge is 2.38. The molecule has 2 aromatic rings. The molecule has 2 aromatic carbocycles. The van der Waals surface area contributed by atoms with E-state index in [1.54, 1.807) is 30.9 Å². The highest BCUT2D eigenvalue weighted by atomic mass is 19.1. The normalized spacial score (nSPS) is 10.8. The van der Waals surface area contributed by atoms with E-state index in [-0.39, 0.29) is 19.0 Å². The summed E-state index contributed by atoms with van der Waals surface area (Å²) in [5, 5.41) is 0. The van der Waals surface area contributed by atoms with Gasteiger partial charge in [0.15, 0.2) is 0 Å².